The summed E-state index contributed by atoms with van der Waals surface area (Å²) in [5.41, 5.74) is -0.00800. The first-order valence-corrected chi connectivity index (χ1v) is 5.48. The summed E-state index contributed by atoms with van der Waals surface area (Å²) >= 11 is 0. The van der Waals surface area contributed by atoms with Gasteiger partial charge in [0.25, 0.3) is 5.91 Å². The topological polar surface area (TPSA) is 57.8 Å². The highest BCUT2D eigenvalue weighted by atomic mass is 19.1. The molecule has 1 amide bonds. The zero-order valence-corrected chi connectivity index (χ0v) is 9.71. The summed E-state index contributed by atoms with van der Waals surface area (Å²) in [4.78, 5) is 18.2. The molecule has 2 rings (SSSR count). The Bertz CT molecular complexity index is 561. The van der Waals surface area contributed by atoms with Gasteiger partial charge in [-0.25, -0.2) is 18.2 Å². The number of carbonyl (C=O) groups excluding carboxylic acids is 1. The molecule has 0 saturated heterocycles. The van der Waals surface area contributed by atoms with Gasteiger partial charge in [0, 0.05) is 37.0 Å². The van der Waals surface area contributed by atoms with Crippen LogP contribution in [0.25, 0.3) is 0 Å². The summed E-state index contributed by atoms with van der Waals surface area (Å²) in [6.07, 6.45) is 3.50. The molecule has 7 heteroatoms. The first kappa shape index (κ1) is 13.1. The summed E-state index contributed by atoms with van der Waals surface area (Å²) in [5, 5.41) is 2.35. The second-order valence-corrected chi connectivity index (χ2v) is 3.83. The maximum absolute atomic E-state index is 13.3. The minimum absolute atomic E-state index is 0.178. The van der Waals surface area contributed by atoms with Crippen molar-refractivity contribution in [2.75, 3.05) is 6.54 Å². The van der Waals surface area contributed by atoms with E-state index in [1.54, 1.807) is 6.20 Å². The van der Waals surface area contributed by atoms with E-state index in [1.807, 2.05) is 0 Å². The largest absolute Gasteiger partial charge is 0.351 e. The van der Waals surface area contributed by atoms with Gasteiger partial charge in [0.05, 0.1) is 6.33 Å². The minimum atomic E-state index is -1.23. The number of amides is 1. The molecule has 0 radical (unpaired) electrons. The van der Waals surface area contributed by atoms with E-state index >= 15 is 0 Å². The Morgan fingerprint density at radius 3 is 2.53 bits per heavy atom. The van der Waals surface area contributed by atoms with E-state index in [-0.39, 0.29) is 6.54 Å². The van der Waals surface area contributed by atoms with Gasteiger partial charge in [0.1, 0.15) is 23.0 Å². The number of halogens is 3. The average molecular weight is 269 g/mol. The lowest BCUT2D eigenvalue weighted by Gasteiger charge is -2.06. The first-order chi connectivity index (χ1) is 9.08. The molecule has 1 aromatic heterocycles. The maximum atomic E-state index is 13.3. The number of carbonyl (C=O) groups is 1. The molecule has 2 aromatic rings. The fourth-order valence-electron chi connectivity index (χ4n) is 1.58. The van der Waals surface area contributed by atoms with Gasteiger partial charge >= 0.3 is 0 Å². The molecule has 19 heavy (non-hydrogen) atoms. The third-order valence-electron chi connectivity index (χ3n) is 2.47. The van der Waals surface area contributed by atoms with Crippen molar-refractivity contribution >= 4 is 5.91 Å². The van der Waals surface area contributed by atoms with Crippen molar-refractivity contribution in [3.8, 4) is 0 Å². The summed E-state index contributed by atoms with van der Waals surface area (Å²) < 4.78 is 39.3. The summed E-state index contributed by atoms with van der Waals surface area (Å²) in [6, 6.07) is 0.930. The van der Waals surface area contributed by atoms with Crippen LogP contribution in [0.4, 0.5) is 13.2 Å². The number of rotatable bonds is 4. The van der Waals surface area contributed by atoms with Crippen molar-refractivity contribution in [2.24, 2.45) is 0 Å². The molecule has 100 valence electrons. The molecule has 1 aromatic carbocycles. The van der Waals surface area contributed by atoms with Gasteiger partial charge in [0.15, 0.2) is 0 Å². The van der Waals surface area contributed by atoms with Crippen molar-refractivity contribution in [2.45, 2.75) is 6.42 Å². The molecule has 0 aliphatic rings. The molecule has 1 heterocycles. The molecule has 0 unspecified atom stereocenters. The smallest absolute Gasteiger partial charge is 0.257 e. The van der Waals surface area contributed by atoms with Gasteiger partial charge in [0.2, 0.25) is 0 Å². The minimum Gasteiger partial charge on any atom is -0.351 e. The van der Waals surface area contributed by atoms with Crippen molar-refractivity contribution in [3.05, 3.63) is 53.4 Å². The summed E-state index contributed by atoms with van der Waals surface area (Å²) in [6.45, 7) is 0.178. The Kier molecular flexibility index (Phi) is 3.84. The molecule has 4 nitrogen and oxygen atoms in total. The lowest BCUT2D eigenvalue weighted by molar-refractivity contribution is 0.0945. The van der Waals surface area contributed by atoms with E-state index in [1.165, 1.54) is 6.33 Å². The van der Waals surface area contributed by atoms with Crippen LogP contribution in [0.5, 0.6) is 0 Å². The van der Waals surface area contributed by atoms with Crippen LogP contribution >= 0.6 is 0 Å². The predicted molar refractivity (Wildman–Crippen MR) is 60.9 cm³/mol. The first-order valence-electron chi connectivity index (χ1n) is 5.48. The standard InChI is InChI=1S/C12H10F3N3O/c13-7-3-9(14)11(10(15)4-7)12(19)17-2-1-8-5-16-6-18-8/h3-6H,1-2H2,(H,16,18)(H,17,19). The number of aromatic amines is 1. The van der Waals surface area contributed by atoms with Crippen LogP contribution in [0, 0.1) is 17.5 Å². The van der Waals surface area contributed by atoms with Gasteiger partial charge in [-0.1, -0.05) is 0 Å². The molecule has 0 fully saturated rings. The van der Waals surface area contributed by atoms with Crippen LogP contribution in [0.2, 0.25) is 0 Å². The van der Waals surface area contributed by atoms with Crippen molar-refractivity contribution in [1.82, 2.24) is 15.3 Å². The maximum Gasteiger partial charge on any atom is 0.257 e. The third-order valence-corrected chi connectivity index (χ3v) is 2.47. The Morgan fingerprint density at radius 2 is 1.95 bits per heavy atom. The van der Waals surface area contributed by atoms with Gasteiger partial charge in [-0.15, -0.1) is 0 Å². The molecule has 0 aliphatic heterocycles. The molecule has 2 N–H and O–H groups in total. The molecule has 0 aliphatic carbocycles. The molecule has 0 atom stereocenters. The average Bonchev–Trinajstić information content (AvgIpc) is 2.80. The second-order valence-electron chi connectivity index (χ2n) is 3.83. The quantitative estimate of drug-likeness (QED) is 0.889. The summed E-state index contributed by atoms with van der Waals surface area (Å²) in [5.74, 6) is -4.44. The fourth-order valence-corrected chi connectivity index (χ4v) is 1.58. The Balaban J connectivity index is 2.00. The molecule has 0 saturated carbocycles. The van der Waals surface area contributed by atoms with Gasteiger partial charge in [-0.2, -0.15) is 0 Å². The summed E-state index contributed by atoms with van der Waals surface area (Å²) in [7, 11) is 0. The predicted octanol–water partition coefficient (Wildman–Crippen LogP) is 1.80. The number of imidazole rings is 1. The van der Waals surface area contributed by atoms with Crippen molar-refractivity contribution in [1.29, 1.82) is 0 Å². The van der Waals surface area contributed by atoms with E-state index in [9.17, 15) is 18.0 Å². The van der Waals surface area contributed by atoms with Gasteiger partial charge in [-0.3, -0.25) is 4.79 Å². The molecular weight excluding hydrogens is 259 g/mol. The van der Waals surface area contributed by atoms with E-state index in [4.69, 9.17) is 0 Å². The number of nitrogens with one attached hydrogen (secondary N) is 2. The second kappa shape index (κ2) is 5.55. The zero-order valence-electron chi connectivity index (χ0n) is 9.71. The van der Waals surface area contributed by atoms with Crippen LogP contribution < -0.4 is 5.32 Å². The van der Waals surface area contributed by atoms with Crippen LogP contribution in [0.1, 0.15) is 16.1 Å². The Labute approximate surface area is 106 Å². The highest BCUT2D eigenvalue weighted by Gasteiger charge is 2.18. The Hall–Kier alpha value is -2.31. The Morgan fingerprint density at radius 1 is 1.26 bits per heavy atom. The SMILES string of the molecule is O=C(NCCc1cnc[nH]1)c1c(F)cc(F)cc1F. The zero-order chi connectivity index (χ0) is 13.8. The lowest BCUT2D eigenvalue weighted by Crippen LogP contribution is -2.27. The van der Waals surface area contributed by atoms with E-state index in [0.29, 0.717) is 18.6 Å². The van der Waals surface area contributed by atoms with Crippen LogP contribution in [0.15, 0.2) is 24.7 Å². The van der Waals surface area contributed by atoms with E-state index < -0.39 is 28.9 Å². The molecule has 0 spiro atoms. The number of benzene rings is 1. The lowest BCUT2D eigenvalue weighted by atomic mass is 10.1. The van der Waals surface area contributed by atoms with E-state index in [2.05, 4.69) is 15.3 Å². The normalized spacial score (nSPS) is 10.5. The van der Waals surface area contributed by atoms with Crippen molar-refractivity contribution in [3.63, 3.8) is 0 Å². The monoisotopic (exact) mass is 269 g/mol. The van der Waals surface area contributed by atoms with E-state index in [0.717, 1.165) is 5.69 Å². The third kappa shape index (κ3) is 3.12. The van der Waals surface area contributed by atoms with Crippen molar-refractivity contribution < 1.29 is 18.0 Å². The number of nitrogens with zero attached hydrogens (tertiary/aromatic N) is 1. The highest BCUT2D eigenvalue weighted by Crippen LogP contribution is 2.14. The molecular formula is C12H10F3N3O. The molecule has 0 bridgehead atoms. The van der Waals surface area contributed by atoms with Crippen LogP contribution in [-0.2, 0) is 6.42 Å². The number of hydrogen-bond acceptors (Lipinski definition) is 2. The number of aromatic nitrogens is 2. The highest BCUT2D eigenvalue weighted by molar-refractivity contribution is 5.94. The van der Waals surface area contributed by atoms with Gasteiger partial charge in [-0.05, 0) is 0 Å². The van der Waals surface area contributed by atoms with Crippen LogP contribution in [-0.4, -0.2) is 22.4 Å². The van der Waals surface area contributed by atoms with Crippen LogP contribution in [0.3, 0.4) is 0 Å². The fraction of sp³-hybridized carbons (Fsp3) is 0.167. The number of hydrogen-bond donors (Lipinski definition) is 2. The van der Waals surface area contributed by atoms with Gasteiger partial charge < -0.3 is 10.3 Å². The number of H-pyrrole nitrogens is 1.